The minimum absolute atomic E-state index is 0.0159. The van der Waals surface area contributed by atoms with E-state index in [1.54, 1.807) is 12.1 Å². The molecule has 0 radical (unpaired) electrons. The highest BCUT2D eigenvalue weighted by atomic mass is 35.5. The van der Waals surface area contributed by atoms with Gasteiger partial charge < -0.3 is 10.6 Å². The lowest BCUT2D eigenvalue weighted by Gasteiger charge is -2.18. The van der Waals surface area contributed by atoms with Crippen molar-refractivity contribution >= 4 is 28.9 Å². The van der Waals surface area contributed by atoms with Crippen LogP contribution >= 0.6 is 11.6 Å². The monoisotopic (exact) mass is 359 g/mol. The number of hydrogen-bond donors (Lipinski definition) is 2. The summed E-state index contributed by atoms with van der Waals surface area (Å²) in [6, 6.07) is 12.2. The number of carbonyl (C=O) groups is 1. The summed E-state index contributed by atoms with van der Waals surface area (Å²) in [6.45, 7) is 0.592. The van der Waals surface area contributed by atoms with Gasteiger partial charge in [-0.1, -0.05) is 23.7 Å². The van der Waals surface area contributed by atoms with E-state index < -0.39 is 4.92 Å². The maximum Gasteiger partial charge on any atom is 0.293 e. The van der Waals surface area contributed by atoms with E-state index in [9.17, 15) is 14.9 Å². The number of benzene rings is 2. The fraction of sp³-hybridized carbons (Fsp3) is 0.278. The Kier molecular flexibility index (Phi) is 4.63. The molecule has 2 N–H and O–H groups in total. The highest BCUT2D eigenvalue weighted by Crippen LogP contribution is 2.48. The van der Waals surface area contributed by atoms with Gasteiger partial charge in [0, 0.05) is 35.7 Å². The Bertz CT molecular complexity index is 817. The molecule has 3 rings (SSSR count). The fourth-order valence-electron chi connectivity index (χ4n) is 2.90. The Hall–Kier alpha value is -2.60. The Balaban J connectivity index is 1.80. The summed E-state index contributed by atoms with van der Waals surface area (Å²) in [5.74, 6) is -0.352. The molecule has 1 fully saturated rings. The molecule has 0 aromatic heterocycles. The molecule has 0 saturated heterocycles. The molecule has 130 valence electrons. The number of carbonyl (C=O) groups excluding carboxylic acids is 1. The summed E-state index contributed by atoms with van der Waals surface area (Å²) >= 11 is 5.94. The summed E-state index contributed by atoms with van der Waals surface area (Å²) in [6.07, 6.45) is 2.04. The SMILES string of the molecule is CNC(=O)c1ccc(NCC2(c3ccc(Cl)cc3)CC2)c([N+](=O)[O-])c1. The van der Waals surface area contributed by atoms with Gasteiger partial charge in [0.15, 0.2) is 0 Å². The topological polar surface area (TPSA) is 84.3 Å². The number of amides is 1. The molecule has 0 heterocycles. The molecule has 2 aromatic carbocycles. The average Bonchev–Trinajstić information content (AvgIpc) is 3.40. The molecule has 0 atom stereocenters. The third-order valence-corrected chi connectivity index (χ3v) is 4.86. The number of anilines is 1. The average molecular weight is 360 g/mol. The van der Waals surface area contributed by atoms with Crippen LogP contribution in [0.2, 0.25) is 5.02 Å². The first-order valence-corrected chi connectivity index (χ1v) is 8.33. The van der Waals surface area contributed by atoms with Crippen LogP contribution in [0.1, 0.15) is 28.8 Å². The molecule has 0 unspecified atom stereocenters. The van der Waals surface area contributed by atoms with Gasteiger partial charge in [-0.15, -0.1) is 0 Å². The maximum atomic E-state index is 11.7. The smallest absolute Gasteiger partial charge is 0.293 e. The summed E-state index contributed by atoms with van der Waals surface area (Å²) in [5.41, 5.74) is 1.73. The standard InChI is InChI=1S/C18H18ClN3O3/c1-20-17(23)12-2-7-15(16(10-12)22(24)25)21-11-18(8-9-18)13-3-5-14(19)6-4-13/h2-7,10,21H,8-9,11H2,1H3,(H,20,23). The fourth-order valence-corrected chi connectivity index (χ4v) is 3.03. The lowest BCUT2D eigenvalue weighted by molar-refractivity contribution is -0.384. The van der Waals surface area contributed by atoms with Gasteiger partial charge in [-0.3, -0.25) is 14.9 Å². The van der Waals surface area contributed by atoms with E-state index in [0.29, 0.717) is 17.3 Å². The van der Waals surface area contributed by atoms with E-state index in [1.807, 2.05) is 24.3 Å². The van der Waals surface area contributed by atoms with E-state index in [-0.39, 0.29) is 22.6 Å². The van der Waals surface area contributed by atoms with Crippen LogP contribution in [0.25, 0.3) is 0 Å². The quantitative estimate of drug-likeness (QED) is 0.607. The first-order chi connectivity index (χ1) is 11.9. The molecule has 1 saturated carbocycles. The van der Waals surface area contributed by atoms with Gasteiger partial charge in [0.05, 0.1) is 4.92 Å². The van der Waals surface area contributed by atoms with Crippen molar-refractivity contribution in [1.29, 1.82) is 0 Å². The van der Waals surface area contributed by atoms with Crippen LogP contribution in [-0.4, -0.2) is 24.4 Å². The molecule has 7 heteroatoms. The zero-order valence-electron chi connectivity index (χ0n) is 13.7. The highest BCUT2D eigenvalue weighted by molar-refractivity contribution is 6.30. The Morgan fingerprint density at radius 1 is 1.24 bits per heavy atom. The van der Waals surface area contributed by atoms with Crippen molar-refractivity contribution in [2.24, 2.45) is 0 Å². The normalized spacial score (nSPS) is 14.6. The zero-order valence-corrected chi connectivity index (χ0v) is 14.5. The van der Waals surface area contributed by atoms with Crippen molar-refractivity contribution in [3.8, 4) is 0 Å². The van der Waals surface area contributed by atoms with Crippen molar-refractivity contribution in [3.05, 3.63) is 68.7 Å². The van der Waals surface area contributed by atoms with Crippen LogP contribution in [0.4, 0.5) is 11.4 Å². The van der Waals surface area contributed by atoms with Crippen LogP contribution < -0.4 is 10.6 Å². The van der Waals surface area contributed by atoms with Gasteiger partial charge in [0.1, 0.15) is 5.69 Å². The largest absolute Gasteiger partial charge is 0.379 e. The predicted molar refractivity (Wildman–Crippen MR) is 97.3 cm³/mol. The van der Waals surface area contributed by atoms with Crippen molar-refractivity contribution in [2.75, 3.05) is 18.9 Å². The lowest BCUT2D eigenvalue weighted by atomic mass is 9.96. The number of nitrogens with zero attached hydrogens (tertiary/aromatic N) is 1. The van der Waals surface area contributed by atoms with E-state index in [0.717, 1.165) is 12.8 Å². The van der Waals surface area contributed by atoms with Gasteiger partial charge in [-0.05, 0) is 42.7 Å². The molecular formula is C18H18ClN3O3. The molecular weight excluding hydrogens is 342 g/mol. The third-order valence-electron chi connectivity index (χ3n) is 4.61. The van der Waals surface area contributed by atoms with Crippen molar-refractivity contribution in [3.63, 3.8) is 0 Å². The highest BCUT2D eigenvalue weighted by Gasteiger charge is 2.44. The summed E-state index contributed by atoms with van der Waals surface area (Å²) < 4.78 is 0. The minimum atomic E-state index is -0.476. The zero-order chi connectivity index (χ0) is 18.0. The van der Waals surface area contributed by atoms with Crippen molar-refractivity contribution in [2.45, 2.75) is 18.3 Å². The number of nitro groups is 1. The molecule has 1 aliphatic carbocycles. The molecule has 2 aromatic rings. The number of hydrogen-bond acceptors (Lipinski definition) is 4. The Labute approximate surface area is 150 Å². The number of halogens is 1. The van der Waals surface area contributed by atoms with Crippen LogP contribution in [0.5, 0.6) is 0 Å². The molecule has 1 aliphatic rings. The molecule has 6 nitrogen and oxygen atoms in total. The van der Waals surface area contributed by atoms with Crippen LogP contribution in [-0.2, 0) is 5.41 Å². The van der Waals surface area contributed by atoms with E-state index in [2.05, 4.69) is 10.6 Å². The maximum absolute atomic E-state index is 11.7. The van der Waals surface area contributed by atoms with Gasteiger partial charge in [0.2, 0.25) is 0 Å². The van der Waals surface area contributed by atoms with E-state index in [4.69, 9.17) is 11.6 Å². The second kappa shape index (κ2) is 6.72. The van der Waals surface area contributed by atoms with Crippen LogP contribution in [0, 0.1) is 10.1 Å². The minimum Gasteiger partial charge on any atom is -0.379 e. The Morgan fingerprint density at radius 3 is 2.48 bits per heavy atom. The van der Waals surface area contributed by atoms with Crippen molar-refractivity contribution in [1.82, 2.24) is 5.32 Å². The second-order valence-corrected chi connectivity index (χ2v) is 6.65. The number of nitro benzene ring substituents is 1. The number of rotatable bonds is 6. The lowest BCUT2D eigenvalue weighted by Crippen LogP contribution is -2.21. The van der Waals surface area contributed by atoms with Crippen molar-refractivity contribution < 1.29 is 9.72 Å². The van der Waals surface area contributed by atoms with Gasteiger partial charge in [0.25, 0.3) is 11.6 Å². The molecule has 0 bridgehead atoms. The molecule has 0 aliphatic heterocycles. The predicted octanol–water partition coefficient (Wildman–Crippen LogP) is 3.75. The number of nitrogens with one attached hydrogen (secondary N) is 2. The van der Waals surface area contributed by atoms with Gasteiger partial charge in [-0.2, -0.15) is 0 Å². The van der Waals surface area contributed by atoms with Crippen LogP contribution in [0.15, 0.2) is 42.5 Å². The molecule has 25 heavy (non-hydrogen) atoms. The summed E-state index contributed by atoms with van der Waals surface area (Å²) in [5, 5.41) is 17.7. The third kappa shape index (κ3) is 3.58. The van der Waals surface area contributed by atoms with E-state index >= 15 is 0 Å². The molecule has 0 spiro atoms. The summed E-state index contributed by atoms with van der Waals surface area (Å²) in [7, 11) is 1.49. The summed E-state index contributed by atoms with van der Waals surface area (Å²) in [4.78, 5) is 22.6. The van der Waals surface area contributed by atoms with Gasteiger partial charge >= 0.3 is 0 Å². The first-order valence-electron chi connectivity index (χ1n) is 7.96. The second-order valence-electron chi connectivity index (χ2n) is 6.21. The Morgan fingerprint density at radius 2 is 1.92 bits per heavy atom. The molecule has 1 amide bonds. The van der Waals surface area contributed by atoms with E-state index in [1.165, 1.54) is 18.7 Å². The van der Waals surface area contributed by atoms with Crippen LogP contribution in [0.3, 0.4) is 0 Å². The van der Waals surface area contributed by atoms with Gasteiger partial charge in [-0.25, -0.2) is 0 Å². The first kappa shape index (κ1) is 17.2.